The Labute approximate surface area is 215 Å². The molecule has 4 saturated carbocycles. The number of nitrogens with one attached hydrogen (secondary N) is 2. The number of aromatic nitrogens is 4. The fourth-order valence-corrected chi connectivity index (χ4v) is 7.06. The average Bonchev–Trinajstić information content (AvgIpc) is 3.47. The number of hydrogen-bond donors (Lipinski definition) is 3. The second-order valence-electron chi connectivity index (χ2n) is 11.6. The van der Waals surface area contributed by atoms with Gasteiger partial charge in [-0.3, -0.25) is 9.59 Å². The van der Waals surface area contributed by atoms with Gasteiger partial charge < -0.3 is 21.1 Å². The Morgan fingerprint density at radius 1 is 1.22 bits per heavy atom. The van der Waals surface area contributed by atoms with Crippen LogP contribution in [-0.4, -0.2) is 55.7 Å². The fourth-order valence-electron chi connectivity index (χ4n) is 7.06. The van der Waals surface area contributed by atoms with Crippen molar-refractivity contribution in [2.75, 3.05) is 6.61 Å². The Morgan fingerprint density at radius 3 is 2.57 bits per heavy atom. The molecule has 0 aromatic carbocycles. The minimum atomic E-state index is -0.724. The summed E-state index contributed by atoms with van der Waals surface area (Å²) < 4.78 is 8.45. The van der Waals surface area contributed by atoms with Crippen LogP contribution in [0.1, 0.15) is 63.2 Å². The molecule has 2 heterocycles. The third-order valence-corrected chi connectivity index (χ3v) is 8.08. The summed E-state index contributed by atoms with van der Waals surface area (Å²) in [7, 11) is 0. The molecule has 11 heteroatoms. The highest BCUT2D eigenvalue weighted by atomic mass is 16.5. The summed E-state index contributed by atoms with van der Waals surface area (Å²) in [5.41, 5.74) is 5.04. The Bertz CT molecular complexity index is 1200. The fraction of sp³-hybridized carbons (Fsp3) is 0.577. The smallest absolute Gasteiger partial charge is 0.404 e. The van der Waals surface area contributed by atoms with Gasteiger partial charge in [0.2, 0.25) is 5.91 Å². The van der Waals surface area contributed by atoms with E-state index >= 15 is 0 Å². The van der Waals surface area contributed by atoms with Crippen molar-refractivity contribution >= 4 is 24.1 Å². The van der Waals surface area contributed by atoms with Crippen molar-refractivity contribution < 1.29 is 19.1 Å². The van der Waals surface area contributed by atoms with Gasteiger partial charge in [-0.2, -0.15) is 10.2 Å². The standard InChI is InChI=1S/C26H35N7O4/c1-16(34)31-25(2,3)5-8-33-23(32-7-4-6-28-32)20(14-29-33)22(35)30-21-18-9-17-10-19(21)13-26(11-17,12-18)15-37-24(27)36/h4-8,14,17-19,21H,9-13,15H2,1-3H3,(H2,27,36)(H,30,35)(H,31,34)/b8-5+. The summed E-state index contributed by atoms with van der Waals surface area (Å²) in [4.78, 5) is 36.4. The van der Waals surface area contributed by atoms with Crippen molar-refractivity contribution in [1.82, 2.24) is 30.2 Å². The molecular weight excluding hydrogens is 474 g/mol. The zero-order valence-electron chi connectivity index (χ0n) is 21.5. The first-order valence-electron chi connectivity index (χ1n) is 12.8. The molecule has 11 nitrogen and oxygen atoms in total. The molecule has 6 rings (SSSR count). The molecule has 37 heavy (non-hydrogen) atoms. The topological polar surface area (TPSA) is 146 Å². The molecule has 2 aromatic heterocycles. The number of hydrogen-bond acceptors (Lipinski definition) is 6. The predicted octanol–water partition coefficient (Wildman–Crippen LogP) is 2.47. The predicted molar refractivity (Wildman–Crippen MR) is 135 cm³/mol. The van der Waals surface area contributed by atoms with Gasteiger partial charge in [0.25, 0.3) is 5.91 Å². The van der Waals surface area contributed by atoms with Crippen LogP contribution in [0.2, 0.25) is 0 Å². The lowest BCUT2D eigenvalue weighted by Gasteiger charge is -2.59. The second-order valence-corrected chi connectivity index (χ2v) is 11.6. The van der Waals surface area contributed by atoms with E-state index in [2.05, 4.69) is 20.8 Å². The van der Waals surface area contributed by atoms with Crippen LogP contribution >= 0.6 is 0 Å². The lowest BCUT2D eigenvalue weighted by atomic mass is 9.48. The van der Waals surface area contributed by atoms with E-state index in [-0.39, 0.29) is 23.3 Å². The van der Waals surface area contributed by atoms with Gasteiger partial charge in [0.15, 0.2) is 5.82 Å². The largest absolute Gasteiger partial charge is 0.449 e. The molecule has 3 amide bonds. The molecular formula is C26H35N7O4. The first-order chi connectivity index (χ1) is 17.5. The van der Waals surface area contributed by atoms with E-state index in [4.69, 9.17) is 10.5 Å². The summed E-state index contributed by atoms with van der Waals surface area (Å²) in [6.07, 6.45) is 12.9. The molecule has 198 valence electrons. The summed E-state index contributed by atoms with van der Waals surface area (Å²) in [6.45, 7) is 5.59. The number of primary amides is 1. The van der Waals surface area contributed by atoms with Crippen molar-refractivity contribution in [2.24, 2.45) is 28.9 Å². The average molecular weight is 510 g/mol. The van der Waals surface area contributed by atoms with Crippen molar-refractivity contribution in [3.63, 3.8) is 0 Å². The zero-order valence-corrected chi connectivity index (χ0v) is 21.5. The molecule has 0 spiro atoms. The Hall–Kier alpha value is -3.63. The SMILES string of the molecule is CC(=O)NC(C)(C)/C=C/n1ncc(C(=O)NC2C3CC4CC2CC(COC(N)=O)(C4)C3)c1-n1cccn1. The minimum Gasteiger partial charge on any atom is -0.449 e. The maximum Gasteiger partial charge on any atom is 0.404 e. The molecule has 0 saturated heterocycles. The third-order valence-electron chi connectivity index (χ3n) is 8.08. The molecule has 4 aliphatic rings. The number of nitrogens with two attached hydrogens (primary N) is 1. The van der Waals surface area contributed by atoms with Gasteiger partial charge in [0, 0.05) is 37.0 Å². The zero-order chi connectivity index (χ0) is 26.4. The molecule has 2 atom stereocenters. The van der Waals surface area contributed by atoms with Crippen molar-refractivity contribution in [3.8, 4) is 5.82 Å². The van der Waals surface area contributed by atoms with Gasteiger partial charge >= 0.3 is 6.09 Å². The Balaban J connectivity index is 1.36. The highest BCUT2D eigenvalue weighted by Crippen LogP contribution is 2.60. The van der Waals surface area contributed by atoms with Crippen LogP contribution in [0.25, 0.3) is 12.0 Å². The molecule has 4 bridgehead atoms. The highest BCUT2D eigenvalue weighted by molar-refractivity contribution is 5.97. The summed E-state index contributed by atoms with van der Waals surface area (Å²) in [5.74, 6) is 1.47. The van der Waals surface area contributed by atoms with E-state index in [1.54, 1.807) is 40.2 Å². The van der Waals surface area contributed by atoms with Gasteiger partial charge in [0.1, 0.15) is 5.56 Å². The van der Waals surface area contributed by atoms with E-state index in [0.717, 1.165) is 32.1 Å². The molecule has 4 N–H and O–H groups in total. The van der Waals surface area contributed by atoms with E-state index in [1.807, 2.05) is 19.9 Å². The van der Waals surface area contributed by atoms with Crippen LogP contribution in [0.3, 0.4) is 0 Å². The maximum absolute atomic E-state index is 13.6. The normalized spacial score (nSPS) is 28.4. The number of rotatable bonds is 8. The number of carbonyl (C=O) groups excluding carboxylic acids is 3. The lowest BCUT2D eigenvalue weighted by molar-refractivity contribution is -0.120. The van der Waals surface area contributed by atoms with Gasteiger partial charge in [0.05, 0.1) is 18.3 Å². The first kappa shape index (κ1) is 25.0. The van der Waals surface area contributed by atoms with Gasteiger partial charge in [-0.05, 0) is 75.8 Å². The van der Waals surface area contributed by atoms with Crippen molar-refractivity contribution in [3.05, 3.63) is 36.3 Å². The number of amides is 3. The Kier molecular flexibility index (Phi) is 6.33. The van der Waals surface area contributed by atoms with Crippen molar-refractivity contribution in [1.29, 1.82) is 0 Å². The van der Waals surface area contributed by atoms with Gasteiger partial charge in [-0.1, -0.05) is 0 Å². The molecule has 2 aromatic rings. The number of nitrogens with zero attached hydrogens (tertiary/aromatic N) is 4. The number of carbonyl (C=O) groups is 3. The molecule has 2 unspecified atom stereocenters. The monoisotopic (exact) mass is 509 g/mol. The van der Waals surface area contributed by atoms with E-state index in [0.29, 0.717) is 35.7 Å². The van der Waals surface area contributed by atoms with Crippen LogP contribution in [0.15, 0.2) is 30.7 Å². The van der Waals surface area contributed by atoms with Crippen LogP contribution in [0, 0.1) is 23.2 Å². The van der Waals surface area contributed by atoms with Crippen LogP contribution in [-0.2, 0) is 9.53 Å². The molecule has 0 radical (unpaired) electrons. The van der Waals surface area contributed by atoms with E-state index < -0.39 is 11.6 Å². The quantitative estimate of drug-likeness (QED) is 0.498. The number of ether oxygens (including phenoxy) is 1. The van der Waals surface area contributed by atoms with E-state index in [1.165, 1.54) is 6.92 Å². The summed E-state index contributed by atoms with van der Waals surface area (Å²) in [6, 6.07) is 1.85. The van der Waals surface area contributed by atoms with Gasteiger partial charge in [-0.25, -0.2) is 14.2 Å². The summed E-state index contributed by atoms with van der Waals surface area (Å²) >= 11 is 0. The van der Waals surface area contributed by atoms with Crippen LogP contribution < -0.4 is 16.4 Å². The van der Waals surface area contributed by atoms with Crippen LogP contribution in [0.4, 0.5) is 4.79 Å². The maximum atomic E-state index is 13.6. The molecule has 0 aliphatic heterocycles. The van der Waals surface area contributed by atoms with Crippen LogP contribution in [0.5, 0.6) is 0 Å². The van der Waals surface area contributed by atoms with E-state index in [9.17, 15) is 14.4 Å². The Morgan fingerprint density at radius 2 is 1.95 bits per heavy atom. The van der Waals surface area contributed by atoms with Crippen molar-refractivity contribution in [2.45, 2.75) is 64.5 Å². The first-order valence-corrected chi connectivity index (χ1v) is 12.8. The van der Waals surface area contributed by atoms with Gasteiger partial charge in [-0.15, -0.1) is 0 Å². The molecule has 4 fully saturated rings. The second kappa shape index (κ2) is 9.35. The minimum absolute atomic E-state index is 0.0244. The molecule has 4 aliphatic carbocycles. The summed E-state index contributed by atoms with van der Waals surface area (Å²) in [5, 5.41) is 15.0. The third kappa shape index (κ3) is 5.12. The highest BCUT2D eigenvalue weighted by Gasteiger charge is 2.56. The lowest BCUT2D eigenvalue weighted by Crippen LogP contribution is -2.60.